The summed E-state index contributed by atoms with van der Waals surface area (Å²) in [5.41, 5.74) is 1.67. The maximum Gasteiger partial charge on any atom is 0.251 e. The van der Waals surface area contributed by atoms with Gasteiger partial charge in [-0.15, -0.1) is 0 Å². The molecule has 2 N–H and O–H groups in total. The molecule has 1 unspecified atom stereocenters. The first-order valence-electron chi connectivity index (χ1n) is 9.37. The van der Waals surface area contributed by atoms with Gasteiger partial charge in [0.1, 0.15) is 6.04 Å². The maximum absolute atomic E-state index is 12.4. The molecular weight excluding hydrogens is 344 g/mol. The van der Waals surface area contributed by atoms with Gasteiger partial charge in [-0.1, -0.05) is 18.2 Å². The molecule has 0 bridgehead atoms. The Morgan fingerprint density at radius 2 is 1.81 bits per heavy atom. The fraction of sp³-hybridized carbons (Fsp3) is 0.550. The molecule has 0 saturated carbocycles. The van der Waals surface area contributed by atoms with Crippen molar-refractivity contribution in [2.24, 2.45) is 0 Å². The van der Waals surface area contributed by atoms with E-state index in [0.717, 1.165) is 31.5 Å². The van der Waals surface area contributed by atoms with Crippen molar-refractivity contribution in [2.45, 2.75) is 38.8 Å². The SMILES string of the molecule is Cc1ccccc1C(=O)NC1CCN(CC(=O)NC(C)C(=O)N(C)C)CC1. The third-order valence-corrected chi connectivity index (χ3v) is 4.87. The van der Waals surface area contributed by atoms with Gasteiger partial charge < -0.3 is 15.5 Å². The lowest BCUT2D eigenvalue weighted by Crippen LogP contribution is -2.50. The zero-order chi connectivity index (χ0) is 20.0. The van der Waals surface area contributed by atoms with Crippen LogP contribution in [-0.4, -0.2) is 73.3 Å². The van der Waals surface area contributed by atoms with Gasteiger partial charge in [-0.2, -0.15) is 0 Å². The third kappa shape index (κ3) is 6.06. The van der Waals surface area contributed by atoms with E-state index in [0.29, 0.717) is 5.56 Å². The summed E-state index contributed by atoms with van der Waals surface area (Å²) in [6, 6.07) is 7.14. The summed E-state index contributed by atoms with van der Waals surface area (Å²) in [6.45, 7) is 5.36. The lowest BCUT2D eigenvalue weighted by molar-refractivity contribution is -0.134. The van der Waals surface area contributed by atoms with Gasteiger partial charge in [-0.05, 0) is 38.3 Å². The molecule has 1 saturated heterocycles. The predicted molar refractivity (Wildman–Crippen MR) is 104 cm³/mol. The van der Waals surface area contributed by atoms with E-state index in [9.17, 15) is 14.4 Å². The quantitative estimate of drug-likeness (QED) is 0.771. The molecule has 0 spiro atoms. The summed E-state index contributed by atoms with van der Waals surface area (Å²) in [6.07, 6.45) is 1.61. The van der Waals surface area contributed by atoms with Crippen molar-refractivity contribution in [3.8, 4) is 0 Å². The Morgan fingerprint density at radius 1 is 1.19 bits per heavy atom. The van der Waals surface area contributed by atoms with Gasteiger partial charge in [-0.3, -0.25) is 19.3 Å². The van der Waals surface area contributed by atoms with Crippen LogP contribution >= 0.6 is 0 Å². The van der Waals surface area contributed by atoms with E-state index < -0.39 is 6.04 Å². The molecule has 1 fully saturated rings. The van der Waals surface area contributed by atoms with Crippen LogP contribution in [0.25, 0.3) is 0 Å². The molecule has 0 aliphatic carbocycles. The number of piperidine rings is 1. The first-order chi connectivity index (χ1) is 12.8. The molecule has 1 aromatic rings. The van der Waals surface area contributed by atoms with Crippen molar-refractivity contribution in [3.63, 3.8) is 0 Å². The fourth-order valence-electron chi connectivity index (χ4n) is 3.27. The third-order valence-electron chi connectivity index (χ3n) is 4.87. The second-order valence-electron chi connectivity index (χ2n) is 7.36. The normalized spacial score (nSPS) is 16.4. The van der Waals surface area contributed by atoms with Crippen LogP contribution in [0.3, 0.4) is 0 Å². The smallest absolute Gasteiger partial charge is 0.251 e. The van der Waals surface area contributed by atoms with Gasteiger partial charge >= 0.3 is 0 Å². The summed E-state index contributed by atoms with van der Waals surface area (Å²) in [5.74, 6) is -0.318. The minimum Gasteiger partial charge on any atom is -0.349 e. The number of rotatable bonds is 6. The van der Waals surface area contributed by atoms with Crippen LogP contribution in [-0.2, 0) is 9.59 Å². The number of nitrogens with zero attached hydrogens (tertiary/aromatic N) is 2. The Bertz CT molecular complexity index is 682. The molecule has 148 valence electrons. The zero-order valence-corrected chi connectivity index (χ0v) is 16.6. The van der Waals surface area contributed by atoms with Crippen molar-refractivity contribution in [1.82, 2.24) is 20.4 Å². The number of likely N-dealkylation sites (tertiary alicyclic amines) is 1. The lowest BCUT2D eigenvalue weighted by atomic mass is 10.0. The fourth-order valence-corrected chi connectivity index (χ4v) is 3.27. The lowest BCUT2D eigenvalue weighted by Gasteiger charge is -2.32. The molecular formula is C20H30N4O3. The molecule has 2 rings (SSSR count). The highest BCUT2D eigenvalue weighted by atomic mass is 16.2. The second kappa shape index (κ2) is 9.50. The first kappa shape index (κ1) is 20.9. The number of carbonyl (C=O) groups is 3. The maximum atomic E-state index is 12.4. The topological polar surface area (TPSA) is 81.8 Å². The highest BCUT2D eigenvalue weighted by Crippen LogP contribution is 2.12. The molecule has 1 heterocycles. The average Bonchev–Trinajstić information content (AvgIpc) is 2.62. The van der Waals surface area contributed by atoms with Gasteiger partial charge in [0, 0.05) is 38.8 Å². The molecule has 1 atom stereocenters. The summed E-state index contributed by atoms with van der Waals surface area (Å²) < 4.78 is 0. The number of likely N-dealkylation sites (N-methyl/N-ethyl adjacent to an activating group) is 1. The Morgan fingerprint density at radius 3 is 2.41 bits per heavy atom. The molecule has 0 aromatic heterocycles. The largest absolute Gasteiger partial charge is 0.349 e. The van der Waals surface area contributed by atoms with Gasteiger partial charge in [0.05, 0.1) is 6.54 Å². The second-order valence-corrected chi connectivity index (χ2v) is 7.36. The summed E-state index contributed by atoms with van der Waals surface area (Å²) in [5, 5.41) is 5.83. The highest BCUT2D eigenvalue weighted by molar-refractivity contribution is 5.95. The van der Waals surface area contributed by atoms with Gasteiger partial charge in [0.15, 0.2) is 0 Å². The molecule has 1 aliphatic heterocycles. The molecule has 1 aliphatic rings. The molecule has 27 heavy (non-hydrogen) atoms. The number of nitrogens with one attached hydrogen (secondary N) is 2. The Balaban J connectivity index is 1.75. The predicted octanol–water partition coefficient (Wildman–Crippen LogP) is 0.782. The molecule has 7 nitrogen and oxygen atoms in total. The van der Waals surface area contributed by atoms with Crippen molar-refractivity contribution in [2.75, 3.05) is 33.7 Å². The number of hydrogen-bond acceptors (Lipinski definition) is 4. The van der Waals surface area contributed by atoms with Crippen LogP contribution in [0.15, 0.2) is 24.3 Å². The van der Waals surface area contributed by atoms with Crippen molar-refractivity contribution in [1.29, 1.82) is 0 Å². The van der Waals surface area contributed by atoms with Crippen LogP contribution in [0.1, 0.15) is 35.7 Å². The minimum absolute atomic E-state index is 0.0414. The number of aryl methyl sites for hydroxylation is 1. The molecule has 1 aromatic carbocycles. The van der Waals surface area contributed by atoms with E-state index in [-0.39, 0.29) is 30.3 Å². The van der Waals surface area contributed by atoms with Crippen LogP contribution in [0.4, 0.5) is 0 Å². The van der Waals surface area contributed by atoms with E-state index in [1.165, 1.54) is 4.90 Å². The molecule has 0 radical (unpaired) electrons. The van der Waals surface area contributed by atoms with Crippen LogP contribution in [0.2, 0.25) is 0 Å². The Labute approximate surface area is 161 Å². The van der Waals surface area contributed by atoms with E-state index in [4.69, 9.17) is 0 Å². The van der Waals surface area contributed by atoms with E-state index in [1.54, 1.807) is 21.0 Å². The number of benzene rings is 1. The zero-order valence-electron chi connectivity index (χ0n) is 16.6. The number of carbonyl (C=O) groups excluding carboxylic acids is 3. The molecule has 7 heteroatoms. The van der Waals surface area contributed by atoms with Crippen LogP contribution in [0, 0.1) is 6.92 Å². The number of amides is 3. The van der Waals surface area contributed by atoms with Gasteiger partial charge in [-0.25, -0.2) is 0 Å². The highest BCUT2D eigenvalue weighted by Gasteiger charge is 2.24. The van der Waals surface area contributed by atoms with Crippen LogP contribution in [0.5, 0.6) is 0 Å². The minimum atomic E-state index is -0.529. The Hall–Kier alpha value is -2.41. The Kier molecular flexibility index (Phi) is 7.36. The monoisotopic (exact) mass is 374 g/mol. The van der Waals surface area contributed by atoms with Gasteiger partial charge in [0.25, 0.3) is 5.91 Å². The van der Waals surface area contributed by atoms with Gasteiger partial charge in [0.2, 0.25) is 11.8 Å². The van der Waals surface area contributed by atoms with E-state index in [1.807, 2.05) is 31.2 Å². The van der Waals surface area contributed by atoms with Crippen LogP contribution < -0.4 is 10.6 Å². The summed E-state index contributed by atoms with van der Waals surface area (Å²) in [7, 11) is 3.34. The van der Waals surface area contributed by atoms with Crippen molar-refractivity contribution in [3.05, 3.63) is 35.4 Å². The average molecular weight is 374 g/mol. The van der Waals surface area contributed by atoms with E-state index in [2.05, 4.69) is 15.5 Å². The molecule has 3 amide bonds. The standard InChI is InChI=1S/C20H30N4O3/c1-14-7-5-6-8-17(14)19(26)22-16-9-11-24(12-10-16)13-18(25)21-15(2)20(27)23(3)4/h5-8,15-16H,9-13H2,1-4H3,(H,21,25)(H,22,26). The summed E-state index contributed by atoms with van der Waals surface area (Å²) in [4.78, 5) is 39.9. The van der Waals surface area contributed by atoms with Crippen molar-refractivity contribution < 1.29 is 14.4 Å². The number of hydrogen-bond donors (Lipinski definition) is 2. The van der Waals surface area contributed by atoms with Crippen molar-refractivity contribution >= 4 is 17.7 Å². The summed E-state index contributed by atoms with van der Waals surface area (Å²) >= 11 is 0. The first-order valence-corrected chi connectivity index (χ1v) is 9.37. The van der Waals surface area contributed by atoms with E-state index >= 15 is 0 Å².